The number of halogens is 1. The minimum absolute atomic E-state index is 0.0212. The fourth-order valence-corrected chi connectivity index (χ4v) is 1.25. The van der Waals surface area contributed by atoms with E-state index in [0.717, 1.165) is 17.0 Å². The molecular weight excluding hydrogens is 227 g/mol. The summed E-state index contributed by atoms with van der Waals surface area (Å²) in [7, 11) is 1.41. The number of benzene rings is 1. The number of nitrogens with zero attached hydrogens (tertiary/aromatic N) is 2. The largest absolute Gasteiger partial charge is 0.330 e. The van der Waals surface area contributed by atoms with Crippen molar-refractivity contribution in [3.05, 3.63) is 39.7 Å². The molecule has 0 fully saturated rings. The number of carbonyl (C=O) groups is 1. The zero-order chi connectivity index (χ0) is 13.0. The van der Waals surface area contributed by atoms with Crippen molar-refractivity contribution in [1.29, 1.82) is 0 Å². The van der Waals surface area contributed by atoms with Gasteiger partial charge < -0.3 is 4.90 Å². The molecule has 1 rings (SSSR count). The van der Waals surface area contributed by atoms with Gasteiger partial charge in [0, 0.05) is 7.05 Å². The van der Waals surface area contributed by atoms with Crippen LogP contribution < -0.4 is 0 Å². The molecule has 0 bridgehead atoms. The lowest BCUT2D eigenvalue weighted by molar-refractivity contribution is -0.385. The van der Waals surface area contributed by atoms with Crippen molar-refractivity contribution in [2.75, 3.05) is 13.6 Å². The summed E-state index contributed by atoms with van der Waals surface area (Å²) < 4.78 is 12.9. The van der Waals surface area contributed by atoms with Crippen molar-refractivity contribution in [3.63, 3.8) is 0 Å². The highest BCUT2D eigenvalue weighted by Gasteiger charge is 2.23. The summed E-state index contributed by atoms with van der Waals surface area (Å²) in [6.07, 6.45) is 5.03. The van der Waals surface area contributed by atoms with E-state index in [1.807, 2.05) is 0 Å². The average molecular weight is 236 g/mol. The third-order valence-corrected chi connectivity index (χ3v) is 2.06. The number of terminal acetylenes is 1. The number of amides is 1. The molecule has 0 aliphatic rings. The molecule has 0 aliphatic carbocycles. The normalized spacial score (nSPS) is 9.47. The van der Waals surface area contributed by atoms with Crippen LogP contribution in [0.5, 0.6) is 0 Å². The maximum atomic E-state index is 12.9. The Bertz CT molecular complexity index is 508. The van der Waals surface area contributed by atoms with Crippen LogP contribution in [0.15, 0.2) is 18.2 Å². The van der Waals surface area contributed by atoms with Gasteiger partial charge in [-0.15, -0.1) is 6.42 Å². The smallest absolute Gasteiger partial charge is 0.285 e. The Labute approximate surface area is 97.0 Å². The lowest BCUT2D eigenvalue weighted by Gasteiger charge is -2.13. The molecule has 0 aromatic heterocycles. The number of hydrogen-bond donors (Lipinski definition) is 0. The van der Waals surface area contributed by atoms with Crippen LogP contribution in [-0.4, -0.2) is 29.3 Å². The zero-order valence-corrected chi connectivity index (χ0v) is 9.01. The first-order valence-corrected chi connectivity index (χ1v) is 4.60. The quantitative estimate of drug-likeness (QED) is 0.453. The third kappa shape index (κ3) is 2.78. The molecule has 0 saturated carbocycles. The first-order valence-electron chi connectivity index (χ1n) is 4.60. The lowest BCUT2D eigenvalue weighted by Crippen LogP contribution is -2.27. The minimum atomic E-state index is -0.806. The van der Waals surface area contributed by atoms with E-state index in [1.165, 1.54) is 7.05 Å². The topological polar surface area (TPSA) is 63.5 Å². The fraction of sp³-hybridized carbons (Fsp3) is 0.182. The lowest BCUT2D eigenvalue weighted by atomic mass is 10.1. The van der Waals surface area contributed by atoms with Gasteiger partial charge in [0.25, 0.3) is 11.6 Å². The third-order valence-electron chi connectivity index (χ3n) is 2.06. The van der Waals surface area contributed by atoms with Gasteiger partial charge in [-0.1, -0.05) is 5.92 Å². The Morgan fingerprint density at radius 1 is 1.65 bits per heavy atom. The van der Waals surface area contributed by atoms with E-state index in [-0.39, 0.29) is 12.1 Å². The summed E-state index contributed by atoms with van der Waals surface area (Å²) in [6, 6.07) is 2.77. The van der Waals surface area contributed by atoms with Crippen LogP contribution in [0.3, 0.4) is 0 Å². The molecule has 88 valence electrons. The second-order valence-electron chi connectivity index (χ2n) is 3.28. The molecule has 1 aromatic rings. The van der Waals surface area contributed by atoms with E-state index in [1.54, 1.807) is 0 Å². The van der Waals surface area contributed by atoms with E-state index in [4.69, 9.17) is 6.42 Å². The molecule has 17 heavy (non-hydrogen) atoms. The van der Waals surface area contributed by atoms with Crippen LogP contribution in [-0.2, 0) is 0 Å². The number of rotatable bonds is 3. The van der Waals surface area contributed by atoms with Crippen molar-refractivity contribution in [2.24, 2.45) is 0 Å². The maximum Gasteiger partial charge on any atom is 0.285 e. The molecule has 0 aliphatic heterocycles. The van der Waals surface area contributed by atoms with Gasteiger partial charge in [0.2, 0.25) is 0 Å². The van der Waals surface area contributed by atoms with E-state index in [2.05, 4.69) is 5.92 Å². The molecule has 0 saturated heterocycles. The molecule has 1 amide bonds. The molecule has 0 N–H and O–H groups in total. The minimum Gasteiger partial charge on any atom is -0.330 e. The first-order chi connectivity index (χ1) is 7.97. The van der Waals surface area contributed by atoms with Gasteiger partial charge in [-0.3, -0.25) is 14.9 Å². The van der Waals surface area contributed by atoms with Crippen LogP contribution in [0.4, 0.5) is 10.1 Å². The van der Waals surface area contributed by atoms with Gasteiger partial charge in [0.15, 0.2) is 0 Å². The first kappa shape index (κ1) is 12.6. The monoisotopic (exact) mass is 236 g/mol. The van der Waals surface area contributed by atoms with Crippen LogP contribution in [0.2, 0.25) is 0 Å². The molecule has 5 nitrogen and oxygen atoms in total. The maximum absolute atomic E-state index is 12.9. The Morgan fingerprint density at radius 2 is 2.29 bits per heavy atom. The van der Waals surface area contributed by atoms with E-state index >= 15 is 0 Å². The Balaban J connectivity index is 3.18. The molecule has 0 atom stereocenters. The predicted molar refractivity (Wildman–Crippen MR) is 58.8 cm³/mol. The standard InChI is InChI=1S/C11H9FN2O3/c1-3-6-13(2)11(15)9-5-4-8(12)7-10(9)14(16)17/h1,4-5,7H,6H2,2H3. The van der Waals surface area contributed by atoms with Gasteiger partial charge in [0.1, 0.15) is 11.4 Å². The van der Waals surface area contributed by atoms with Gasteiger partial charge in [-0.05, 0) is 12.1 Å². The second kappa shape index (κ2) is 5.07. The van der Waals surface area contributed by atoms with Crippen LogP contribution in [0.25, 0.3) is 0 Å². The van der Waals surface area contributed by atoms with Gasteiger partial charge in [0.05, 0.1) is 17.5 Å². The van der Waals surface area contributed by atoms with Crippen molar-refractivity contribution in [2.45, 2.75) is 0 Å². The van der Waals surface area contributed by atoms with Crippen molar-refractivity contribution in [1.82, 2.24) is 4.90 Å². The Morgan fingerprint density at radius 3 is 2.82 bits per heavy atom. The Kier molecular flexibility index (Phi) is 3.78. The average Bonchev–Trinajstić information content (AvgIpc) is 2.28. The van der Waals surface area contributed by atoms with E-state index in [9.17, 15) is 19.3 Å². The van der Waals surface area contributed by atoms with E-state index in [0.29, 0.717) is 6.07 Å². The van der Waals surface area contributed by atoms with Crippen molar-refractivity contribution >= 4 is 11.6 Å². The summed E-state index contributed by atoms with van der Waals surface area (Å²) in [5.41, 5.74) is -0.756. The summed E-state index contributed by atoms with van der Waals surface area (Å²) in [5.74, 6) is 0.853. The SMILES string of the molecule is C#CCN(C)C(=O)c1ccc(F)cc1[N+](=O)[O-]. The van der Waals surface area contributed by atoms with Crippen LogP contribution in [0, 0.1) is 28.3 Å². The summed E-state index contributed by atoms with van der Waals surface area (Å²) in [5, 5.41) is 10.7. The molecule has 0 spiro atoms. The van der Waals surface area contributed by atoms with E-state index < -0.39 is 22.3 Å². The second-order valence-corrected chi connectivity index (χ2v) is 3.28. The highest BCUT2D eigenvalue weighted by molar-refractivity contribution is 5.98. The van der Waals surface area contributed by atoms with Crippen molar-refractivity contribution in [3.8, 4) is 12.3 Å². The fourth-order valence-electron chi connectivity index (χ4n) is 1.25. The van der Waals surface area contributed by atoms with Crippen LogP contribution in [0.1, 0.15) is 10.4 Å². The summed E-state index contributed by atoms with van der Waals surface area (Å²) >= 11 is 0. The molecule has 6 heteroatoms. The van der Waals surface area contributed by atoms with Crippen LogP contribution >= 0.6 is 0 Å². The molecule has 0 unspecified atom stereocenters. The molecule has 0 radical (unpaired) electrons. The number of carbonyl (C=O) groups excluding carboxylic acids is 1. The molecule has 1 aromatic carbocycles. The highest BCUT2D eigenvalue weighted by Crippen LogP contribution is 2.20. The highest BCUT2D eigenvalue weighted by atomic mass is 19.1. The predicted octanol–water partition coefficient (Wildman–Crippen LogP) is 1.44. The summed E-state index contributed by atoms with van der Waals surface area (Å²) in [6.45, 7) is 0.0212. The van der Waals surface area contributed by atoms with Gasteiger partial charge in [-0.25, -0.2) is 4.39 Å². The number of nitro groups is 1. The number of nitro benzene ring substituents is 1. The van der Waals surface area contributed by atoms with Crippen molar-refractivity contribution < 1.29 is 14.1 Å². The summed E-state index contributed by atoms with van der Waals surface area (Å²) in [4.78, 5) is 22.8. The molecule has 0 heterocycles. The molecular formula is C11H9FN2O3. The number of hydrogen-bond acceptors (Lipinski definition) is 3. The van der Waals surface area contributed by atoms with Gasteiger partial charge in [-0.2, -0.15) is 0 Å². The van der Waals surface area contributed by atoms with Gasteiger partial charge >= 0.3 is 0 Å². The Hall–Kier alpha value is -2.42. The zero-order valence-electron chi connectivity index (χ0n) is 9.01.